The van der Waals surface area contributed by atoms with E-state index in [2.05, 4.69) is 41.8 Å². The smallest absolute Gasteiger partial charge is 0.106 e. The first-order valence-electron chi connectivity index (χ1n) is 4.98. The highest BCUT2D eigenvalue weighted by molar-refractivity contribution is 7.99. The highest BCUT2D eigenvalue weighted by Gasteiger charge is 2.12. The Hall–Kier alpha value is -0.510. The highest BCUT2D eigenvalue weighted by atomic mass is 32.2. The molecule has 0 unspecified atom stereocenters. The van der Waals surface area contributed by atoms with Crippen LogP contribution in [0.5, 0.6) is 0 Å². The largest absolute Gasteiger partial charge is 0.292 e. The molecule has 0 amide bonds. The molecule has 0 bridgehead atoms. The first-order chi connectivity index (χ1) is 6.84. The SMILES string of the molecule is Cc1ccc(CSC2NCCN2)cc1. The molecule has 3 heteroatoms. The molecule has 1 aliphatic rings. The Morgan fingerprint density at radius 3 is 2.50 bits per heavy atom. The van der Waals surface area contributed by atoms with Crippen LogP contribution in [0.1, 0.15) is 11.1 Å². The molecule has 1 aliphatic heterocycles. The van der Waals surface area contributed by atoms with Crippen molar-refractivity contribution in [3.05, 3.63) is 35.4 Å². The first-order valence-corrected chi connectivity index (χ1v) is 6.03. The molecule has 1 saturated heterocycles. The van der Waals surface area contributed by atoms with E-state index in [-0.39, 0.29) is 0 Å². The summed E-state index contributed by atoms with van der Waals surface area (Å²) >= 11 is 1.92. The molecule has 76 valence electrons. The van der Waals surface area contributed by atoms with Gasteiger partial charge in [0.05, 0.1) is 0 Å². The predicted molar refractivity (Wildman–Crippen MR) is 62.3 cm³/mol. The van der Waals surface area contributed by atoms with Crippen LogP contribution >= 0.6 is 11.8 Å². The van der Waals surface area contributed by atoms with Crippen molar-refractivity contribution in [1.82, 2.24) is 10.6 Å². The van der Waals surface area contributed by atoms with Crippen molar-refractivity contribution < 1.29 is 0 Å². The number of rotatable bonds is 3. The van der Waals surface area contributed by atoms with E-state index in [1.807, 2.05) is 11.8 Å². The molecule has 0 spiro atoms. The summed E-state index contributed by atoms with van der Waals surface area (Å²) in [6.07, 6.45) is 0. The zero-order valence-electron chi connectivity index (χ0n) is 8.42. The van der Waals surface area contributed by atoms with E-state index >= 15 is 0 Å². The number of thioether (sulfide) groups is 1. The average molecular weight is 208 g/mol. The number of hydrogen-bond donors (Lipinski definition) is 2. The minimum Gasteiger partial charge on any atom is -0.292 e. The summed E-state index contributed by atoms with van der Waals surface area (Å²) in [6.45, 7) is 4.30. The Kier molecular flexibility index (Phi) is 3.45. The normalized spacial score (nSPS) is 17.5. The fourth-order valence-electron chi connectivity index (χ4n) is 1.46. The summed E-state index contributed by atoms with van der Waals surface area (Å²) in [7, 11) is 0. The lowest BCUT2D eigenvalue weighted by Gasteiger charge is -2.09. The van der Waals surface area contributed by atoms with E-state index in [9.17, 15) is 0 Å². The van der Waals surface area contributed by atoms with Gasteiger partial charge < -0.3 is 0 Å². The van der Waals surface area contributed by atoms with Crippen molar-refractivity contribution in [2.75, 3.05) is 13.1 Å². The highest BCUT2D eigenvalue weighted by Crippen LogP contribution is 2.16. The summed E-state index contributed by atoms with van der Waals surface area (Å²) in [5.74, 6) is 1.07. The molecule has 14 heavy (non-hydrogen) atoms. The van der Waals surface area contributed by atoms with Crippen molar-refractivity contribution >= 4 is 11.8 Å². The van der Waals surface area contributed by atoms with Gasteiger partial charge in [-0.25, -0.2) is 0 Å². The van der Waals surface area contributed by atoms with Crippen molar-refractivity contribution in [1.29, 1.82) is 0 Å². The summed E-state index contributed by atoms with van der Waals surface area (Å²) in [5, 5.41) is 6.78. The van der Waals surface area contributed by atoms with Crippen LogP contribution in [0.15, 0.2) is 24.3 Å². The summed E-state index contributed by atoms with van der Waals surface area (Å²) in [5.41, 5.74) is 3.17. The van der Waals surface area contributed by atoms with Crippen molar-refractivity contribution in [3.8, 4) is 0 Å². The van der Waals surface area contributed by atoms with Gasteiger partial charge in [0.15, 0.2) is 0 Å². The van der Waals surface area contributed by atoms with Crippen LogP contribution < -0.4 is 10.6 Å². The minimum absolute atomic E-state index is 0.441. The molecule has 0 atom stereocenters. The Bertz CT molecular complexity index is 278. The Morgan fingerprint density at radius 2 is 1.86 bits per heavy atom. The quantitative estimate of drug-likeness (QED) is 0.790. The Labute approximate surface area is 89.5 Å². The van der Waals surface area contributed by atoms with E-state index in [0.717, 1.165) is 18.8 Å². The summed E-state index contributed by atoms with van der Waals surface area (Å²) in [4.78, 5) is 0. The molecular formula is C11H16N2S. The van der Waals surface area contributed by atoms with Crippen LogP contribution in [-0.4, -0.2) is 18.6 Å². The second kappa shape index (κ2) is 4.82. The molecule has 1 fully saturated rings. The van der Waals surface area contributed by atoms with Crippen LogP contribution in [0.25, 0.3) is 0 Å². The third-order valence-corrected chi connectivity index (χ3v) is 3.49. The van der Waals surface area contributed by atoms with Gasteiger partial charge in [-0.2, -0.15) is 0 Å². The van der Waals surface area contributed by atoms with Crippen LogP contribution in [0.3, 0.4) is 0 Å². The molecule has 1 aromatic rings. The lowest BCUT2D eigenvalue weighted by Crippen LogP contribution is -2.26. The molecule has 0 aliphatic carbocycles. The lowest BCUT2D eigenvalue weighted by molar-refractivity contribution is 0.744. The van der Waals surface area contributed by atoms with Gasteiger partial charge >= 0.3 is 0 Å². The van der Waals surface area contributed by atoms with Crippen LogP contribution in [0.4, 0.5) is 0 Å². The molecule has 0 aromatic heterocycles. The summed E-state index contributed by atoms with van der Waals surface area (Å²) < 4.78 is 0. The Morgan fingerprint density at radius 1 is 1.21 bits per heavy atom. The lowest BCUT2D eigenvalue weighted by atomic mass is 10.2. The van der Waals surface area contributed by atoms with Crippen molar-refractivity contribution in [3.63, 3.8) is 0 Å². The number of benzene rings is 1. The van der Waals surface area contributed by atoms with Gasteiger partial charge in [-0.05, 0) is 12.5 Å². The second-order valence-electron chi connectivity index (χ2n) is 3.58. The fourth-order valence-corrected chi connectivity index (χ4v) is 2.48. The molecule has 0 radical (unpaired) electrons. The molecule has 1 heterocycles. The fraction of sp³-hybridized carbons (Fsp3) is 0.455. The minimum atomic E-state index is 0.441. The maximum atomic E-state index is 3.39. The molecule has 0 saturated carbocycles. The van der Waals surface area contributed by atoms with Gasteiger partial charge in [0, 0.05) is 18.8 Å². The summed E-state index contributed by atoms with van der Waals surface area (Å²) in [6, 6.07) is 8.76. The third-order valence-electron chi connectivity index (χ3n) is 2.32. The third kappa shape index (κ3) is 2.74. The molecule has 2 rings (SSSR count). The second-order valence-corrected chi connectivity index (χ2v) is 4.68. The van der Waals surface area contributed by atoms with Gasteiger partial charge in [-0.3, -0.25) is 10.6 Å². The zero-order chi connectivity index (χ0) is 9.80. The molecule has 1 aromatic carbocycles. The van der Waals surface area contributed by atoms with Crippen LogP contribution in [0.2, 0.25) is 0 Å². The van der Waals surface area contributed by atoms with E-state index in [0.29, 0.717) is 5.50 Å². The topological polar surface area (TPSA) is 24.1 Å². The average Bonchev–Trinajstić information content (AvgIpc) is 2.70. The number of nitrogens with one attached hydrogen (secondary N) is 2. The predicted octanol–water partition coefficient (Wildman–Crippen LogP) is 1.70. The molecular weight excluding hydrogens is 192 g/mol. The standard InChI is InChI=1S/C11H16N2S/c1-9-2-4-10(5-3-9)8-14-11-12-6-7-13-11/h2-5,11-13H,6-8H2,1H3. The monoisotopic (exact) mass is 208 g/mol. The molecule has 2 N–H and O–H groups in total. The Balaban J connectivity index is 1.82. The van der Waals surface area contributed by atoms with Crippen LogP contribution in [0, 0.1) is 6.92 Å². The molecule has 2 nitrogen and oxygen atoms in total. The zero-order valence-corrected chi connectivity index (χ0v) is 9.23. The van der Waals surface area contributed by atoms with Gasteiger partial charge in [-0.1, -0.05) is 29.8 Å². The van der Waals surface area contributed by atoms with Gasteiger partial charge in [0.25, 0.3) is 0 Å². The van der Waals surface area contributed by atoms with Gasteiger partial charge in [0.1, 0.15) is 5.50 Å². The van der Waals surface area contributed by atoms with E-state index < -0.39 is 0 Å². The first kappa shape index (κ1) is 10.0. The number of aryl methyl sites for hydroxylation is 1. The van der Waals surface area contributed by atoms with E-state index in [1.54, 1.807) is 0 Å². The van der Waals surface area contributed by atoms with Crippen LogP contribution in [-0.2, 0) is 5.75 Å². The number of hydrogen-bond acceptors (Lipinski definition) is 3. The maximum absolute atomic E-state index is 3.39. The van der Waals surface area contributed by atoms with Gasteiger partial charge in [-0.15, -0.1) is 11.8 Å². The van der Waals surface area contributed by atoms with Crippen molar-refractivity contribution in [2.45, 2.75) is 18.2 Å². The van der Waals surface area contributed by atoms with E-state index in [4.69, 9.17) is 0 Å². The van der Waals surface area contributed by atoms with Crippen molar-refractivity contribution in [2.24, 2.45) is 0 Å². The van der Waals surface area contributed by atoms with Gasteiger partial charge in [0.2, 0.25) is 0 Å². The van der Waals surface area contributed by atoms with E-state index in [1.165, 1.54) is 11.1 Å². The maximum Gasteiger partial charge on any atom is 0.106 e.